The summed E-state index contributed by atoms with van der Waals surface area (Å²) in [5, 5.41) is 4.12. The van der Waals surface area contributed by atoms with E-state index in [1.165, 1.54) is 5.56 Å². The van der Waals surface area contributed by atoms with Crippen LogP contribution in [0.5, 0.6) is 0 Å². The van der Waals surface area contributed by atoms with Crippen LogP contribution in [0.15, 0.2) is 22.7 Å². The van der Waals surface area contributed by atoms with Crippen LogP contribution in [-0.4, -0.2) is 13.1 Å². The number of nitrogens with one attached hydrogen (secondary N) is 1. The maximum Gasteiger partial charge on any atom is 0.0548 e. The lowest BCUT2D eigenvalue weighted by Crippen LogP contribution is -2.28. The SMILES string of the molecule is CCCNC(CN)c1ccc(Cl)c(Br)c1. The summed E-state index contributed by atoms with van der Waals surface area (Å²) in [6, 6.07) is 6.12. The van der Waals surface area contributed by atoms with Crippen LogP contribution >= 0.6 is 27.5 Å². The lowest BCUT2D eigenvalue weighted by molar-refractivity contribution is 0.540. The van der Waals surface area contributed by atoms with Gasteiger partial charge in [0.05, 0.1) is 5.02 Å². The van der Waals surface area contributed by atoms with E-state index < -0.39 is 0 Å². The molecule has 0 radical (unpaired) electrons. The number of rotatable bonds is 5. The van der Waals surface area contributed by atoms with Gasteiger partial charge in [0.1, 0.15) is 0 Å². The molecule has 4 heteroatoms. The Balaban J connectivity index is 2.78. The zero-order valence-electron chi connectivity index (χ0n) is 8.76. The van der Waals surface area contributed by atoms with E-state index in [1.54, 1.807) is 0 Å². The van der Waals surface area contributed by atoms with Crippen LogP contribution in [0.2, 0.25) is 5.02 Å². The third-order valence-electron chi connectivity index (χ3n) is 2.22. The van der Waals surface area contributed by atoms with Gasteiger partial charge in [0.25, 0.3) is 0 Å². The van der Waals surface area contributed by atoms with Crippen molar-refractivity contribution in [1.82, 2.24) is 5.32 Å². The van der Waals surface area contributed by atoms with Gasteiger partial charge in [-0.25, -0.2) is 0 Å². The Kier molecular flexibility index (Phi) is 5.61. The summed E-state index contributed by atoms with van der Waals surface area (Å²) in [7, 11) is 0. The van der Waals surface area contributed by atoms with Crippen molar-refractivity contribution in [3.63, 3.8) is 0 Å². The molecule has 15 heavy (non-hydrogen) atoms. The van der Waals surface area contributed by atoms with Crippen molar-refractivity contribution in [2.24, 2.45) is 5.73 Å². The fraction of sp³-hybridized carbons (Fsp3) is 0.455. The van der Waals surface area contributed by atoms with Gasteiger partial charge < -0.3 is 11.1 Å². The van der Waals surface area contributed by atoms with Crippen LogP contribution in [0.1, 0.15) is 24.9 Å². The summed E-state index contributed by atoms with van der Waals surface area (Å²) in [5.74, 6) is 0. The first-order valence-electron chi connectivity index (χ1n) is 5.07. The van der Waals surface area contributed by atoms with Crippen molar-refractivity contribution in [2.75, 3.05) is 13.1 Å². The van der Waals surface area contributed by atoms with Gasteiger partial charge >= 0.3 is 0 Å². The minimum Gasteiger partial charge on any atom is -0.329 e. The largest absolute Gasteiger partial charge is 0.329 e. The average molecular weight is 292 g/mol. The van der Waals surface area contributed by atoms with Crippen molar-refractivity contribution in [3.8, 4) is 0 Å². The molecule has 0 saturated carbocycles. The molecule has 1 atom stereocenters. The second-order valence-corrected chi connectivity index (χ2v) is 4.68. The fourth-order valence-corrected chi connectivity index (χ4v) is 1.90. The van der Waals surface area contributed by atoms with Gasteiger partial charge in [-0.3, -0.25) is 0 Å². The molecule has 0 saturated heterocycles. The molecule has 0 heterocycles. The van der Waals surface area contributed by atoms with E-state index in [0.29, 0.717) is 6.54 Å². The first kappa shape index (κ1) is 13.0. The summed E-state index contributed by atoms with van der Waals surface area (Å²) in [4.78, 5) is 0. The van der Waals surface area contributed by atoms with Crippen molar-refractivity contribution >= 4 is 27.5 Å². The molecule has 0 fully saturated rings. The normalized spacial score (nSPS) is 12.8. The summed E-state index contributed by atoms with van der Waals surface area (Å²) in [6.45, 7) is 3.70. The molecular formula is C11H16BrClN2. The summed E-state index contributed by atoms with van der Waals surface area (Å²) >= 11 is 9.35. The maximum atomic E-state index is 5.93. The standard InChI is InChI=1S/C11H16BrClN2/c1-2-5-15-11(7-14)8-3-4-10(13)9(12)6-8/h3-4,6,11,15H,2,5,7,14H2,1H3. The van der Waals surface area contributed by atoms with Gasteiger partial charge in [-0.2, -0.15) is 0 Å². The zero-order chi connectivity index (χ0) is 11.3. The number of hydrogen-bond acceptors (Lipinski definition) is 2. The Labute approximate surface area is 104 Å². The highest BCUT2D eigenvalue weighted by Crippen LogP contribution is 2.25. The first-order chi connectivity index (χ1) is 7.19. The Morgan fingerprint density at radius 1 is 1.53 bits per heavy atom. The number of benzene rings is 1. The molecule has 2 nitrogen and oxygen atoms in total. The predicted molar refractivity (Wildman–Crippen MR) is 69.2 cm³/mol. The highest BCUT2D eigenvalue weighted by molar-refractivity contribution is 9.10. The third kappa shape index (κ3) is 3.76. The Morgan fingerprint density at radius 2 is 2.27 bits per heavy atom. The Bertz CT molecular complexity index is 317. The van der Waals surface area contributed by atoms with E-state index in [1.807, 2.05) is 18.2 Å². The predicted octanol–water partition coefficient (Wildman–Crippen LogP) is 3.10. The minimum atomic E-state index is 0.207. The molecule has 0 spiro atoms. The molecule has 1 unspecified atom stereocenters. The van der Waals surface area contributed by atoms with Crippen LogP contribution in [0.4, 0.5) is 0 Å². The van der Waals surface area contributed by atoms with Gasteiger partial charge in [-0.15, -0.1) is 0 Å². The van der Waals surface area contributed by atoms with Crippen LogP contribution < -0.4 is 11.1 Å². The zero-order valence-corrected chi connectivity index (χ0v) is 11.1. The van der Waals surface area contributed by atoms with E-state index in [-0.39, 0.29) is 6.04 Å². The summed E-state index contributed by atoms with van der Waals surface area (Å²) < 4.78 is 0.915. The van der Waals surface area contributed by atoms with Crippen molar-refractivity contribution in [1.29, 1.82) is 0 Å². The molecule has 0 amide bonds. The van der Waals surface area contributed by atoms with Crippen molar-refractivity contribution in [2.45, 2.75) is 19.4 Å². The van der Waals surface area contributed by atoms with E-state index in [2.05, 4.69) is 28.2 Å². The third-order valence-corrected chi connectivity index (χ3v) is 3.44. The smallest absolute Gasteiger partial charge is 0.0548 e. The minimum absolute atomic E-state index is 0.207. The molecule has 84 valence electrons. The van der Waals surface area contributed by atoms with Crippen molar-refractivity contribution in [3.05, 3.63) is 33.3 Å². The quantitative estimate of drug-likeness (QED) is 0.875. The van der Waals surface area contributed by atoms with Gasteiger partial charge in [-0.1, -0.05) is 24.6 Å². The van der Waals surface area contributed by atoms with Crippen LogP contribution in [0, 0.1) is 0 Å². The molecule has 1 rings (SSSR count). The highest BCUT2D eigenvalue weighted by Gasteiger charge is 2.09. The Morgan fingerprint density at radius 3 is 2.80 bits per heavy atom. The fourth-order valence-electron chi connectivity index (χ4n) is 1.38. The van der Waals surface area contributed by atoms with Gasteiger partial charge in [-0.05, 0) is 46.6 Å². The second-order valence-electron chi connectivity index (χ2n) is 3.42. The average Bonchev–Trinajstić information content (AvgIpc) is 2.24. The van der Waals surface area contributed by atoms with E-state index in [4.69, 9.17) is 17.3 Å². The molecule has 0 bridgehead atoms. The molecule has 0 aliphatic rings. The topological polar surface area (TPSA) is 38.0 Å². The van der Waals surface area contributed by atoms with E-state index in [0.717, 1.165) is 22.5 Å². The maximum absolute atomic E-state index is 5.93. The molecule has 0 aliphatic carbocycles. The van der Waals surface area contributed by atoms with Gasteiger partial charge in [0.2, 0.25) is 0 Å². The summed E-state index contributed by atoms with van der Waals surface area (Å²) in [5.41, 5.74) is 6.89. The summed E-state index contributed by atoms with van der Waals surface area (Å²) in [6.07, 6.45) is 1.10. The van der Waals surface area contributed by atoms with Gasteiger partial charge in [0.15, 0.2) is 0 Å². The lowest BCUT2D eigenvalue weighted by Gasteiger charge is -2.17. The molecule has 0 aromatic heterocycles. The lowest BCUT2D eigenvalue weighted by atomic mass is 10.1. The van der Waals surface area contributed by atoms with Crippen LogP contribution in [0.25, 0.3) is 0 Å². The van der Waals surface area contributed by atoms with Crippen molar-refractivity contribution < 1.29 is 0 Å². The molecule has 1 aromatic rings. The van der Waals surface area contributed by atoms with Crippen LogP contribution in [-0.2, 0) is 0 Å². The monoisotopic (exact) mass is 290 g/mol. The van der Waals surface area contributed by atoms with Crippen LogP contribution in [0.3, 0.4) is 0 Å². The van der Waals surface area contributed by atoms with E-state index in [9.17, 15) is 0 Å². The molecular weight excluding hydrogens is 275 g/mol. The Hall–Kier alpha value is -0.0900. The highest BCUT2D eigenvalue weighted by atomic mass is 79.9. The molecule has 1 aromatic carbocycles. The molecule has 3 N–H and O–H groups in total. The number of nitrogens with two attached hydrogens (primary N) is 1. The number of halogens is 2. The molecule has 0 aliphatic heterocycles. The van der Waals surface area contributed by atoms with Gasteiger partial charge in [0, 0.05) is 17.1 Å². The second kappa shape index (κ2) is 6.48. The first-order valence-corrected chi connectivity index (χ1v) is 6.24. The van der Waals surface area contributed by atoms with E-state index >= 15 is 0 Å². The number of hydrogen-bond donors (Lipinski definition) is 2.